The molecule has 2 rings (SSSR count). The number of allylic oxidation sites excluding steroid dienone is 2. The Hall–Kier alpha value is -2.31. The zero-order valence-electron chi connectivity index (χ0n) is 14.9. The fourth-order valence-electron chi connectivity index (χ4n) is 3.11. The fourth-order valence-corrected chi connectivity index (χ4v) is 7.50. The summed E-state index contributed by atoms with van der Waals surface area (Å²) in [6.07, 6.45) is 2.65. The van der Waals surface area contributed by atoms with Crippen molar-refractivity contribution in [3.8, 4) is 6.07 Å². The summed E-state index contributed by atoms with van der Waals surface area (Å²) >= 11 is 0. The molecule has 0 aromatic heterocycles. The Morgan fingerprint density at radius 1 is 1.00 bits per heavy atom. The van der Waals surface area contributed by atoms with E-state index in [0.717, 1.165) is 6.42 Å². The SMILES string of the molecule is CCC=C(C#N)O[Si](c1ccccc1)(c1ccccc1)C(C)(C)C. The van der Waals surface area contributed by atoms with Gasteiger partial charge in [-0.2, -0.15) is 5.26 Å². The van der Waals surface area contributed by atoms with Crippen LogP contribution in [0.15, 0.2) is 72.5 Å². The van der Waals surface area contributed by atoms with Crippen molar-refractivity contribution in [2.75, 3.05) is 0 Å². The lowest BCUT2D eigenvalue weighted by molar-refractivity contribution is 0.414. The number of nitriles is 1. The third kappa shape index (κ3) is 3.44. The minimum Gasteiger partial charge on any atom is -0.527 e. The molecule has 2 nitrogen and oxygen atoms in total. The van der Waals surface area contributed by atoms with Crippen LogP contribution in [0, 0.1) is 11.3 Å². The van der Waals surface area contributed by atoms with Crippen LogP contribution < -0.4 is 10.4 Å². The molecule has 0 aliphatic rings. The average Bonchev–Trinajstić information content (AvgIpc) is 2.59. The Labute approximate surface area is 146 Å². The summed E-state index contributed by atoms with van der Waals surface area (Å²) in [4.78, 5) is 0. The van der Waals surface area contributed by atoms with Crippen molar-refractivity contribution < 1.29 is 4.43 Å². The van der Waals surface area contributed by atoms with Gasteiger partial charge in [-0.05, 0) is 27.9 Å². The Morgan fingerprint density at radius 3 is 1.79 bits per heavy atom. The largest absolute Gasteiger partial charge is 0.527 e. The second-order valence-electron chi connectivity index (χ2n) is 6.85. The lowest BCUT2D eigenvalue weighted by atomic mass is 10.2. The first-order valence-corrected chi connectivity index (χ1v) is 10.3. The zero-order valence-corrected chi connectivity index (χ0v) is 15.9. The van der Waals surface area contributed by atoms with Crippen LogP contribution in [0.4, 0.5) is 0 Å². The maximum atomic E-state index is 9.56. The molecular formula is C21H25NOSi. The van der Waals surface area contributed by atoms with Crippen molar-refractivity contribution >= 4 is 18.7 Å². The molecule has 0 bridgehead atoms. The van der Waals surface area contributed by atoms with Crippen LogP contribution in [-0.2, 0) is 4.43 Å². The molecule has 2 aromatic carbocycles. The van der Waals surface area contributed by atoms with E-state index in [1.807, 2.05) is 49.4 Å². The van der Waals surface area contributed by atoms with Gasteiger partial charge in [0.15, 0.2) is 5.76 Å². The van der Waals surface area contributed by atoms with E-state index in [0.29, 0.717) is 5.76 Å². The minimum absolute atomic E-state index is 0.126. The van der Waals surface area contributed by atoms with Gasteiger partial charge in [0.25, 0.3) is 0 Å². The highest BCUT2D eigenvalue weighted by molar-refractivity contribution is 6.99. The van der Waals surface area contributed by atoms with Crippen molar-refractivity contribution in [3.63, 3.8) is 0 Å². The Balaban J connectivity index is 2.76. The molecule has 0 N–H and O–H groups in total. The number of rotatable bonds is 5. The van der Waals surface area contributed by atoms with E-state index in [4.69, 9.17) is 4.43 Å². The summed E-state index contributed by atoms with van der Waals surface area (Å²) in [5.41, 5.74) is 0. The van der Waals surface area contributed by atoms with Gasteiger partial charge in [-0.25, -0.2) is 0 Å². The molecule has 24 heavy (non-hydrogen) atoms. The number of benzene rings is 2. The molecule has 0 aliphatic heterocycles. The molecule has 0 heterocycles. The molecule has 0 radical (unpaired) electrons. The van der Waals surface area contributed by atoms with Gasteiger partial charge in [0, 0.05) is 0 Å². The van der Waals surface area contributed by atoms with Crippen molar-refractivity contribution in [1.29, 1.82) is 5.26 Å². The van der Waals surface area contributed by atoms with Gasteiger partial charge in [0.1, 0.15) is 6.07 Å². The van der Waals surface area contributed by atoms with E-state index in [9.17, 15) is 5.26 Å². The fraction of sp³-hybridized carbons (Fsp3) is 0.286. The molecule has 124 valence electrons. The van der Waals surface area contributed by atoms with Crippen LogP contribution in [0.1, 0.15) is 34.1 Å². The van der Waals surface area contributed by atoms with Crippen molar-refractivity contribution in [1.82, 2.24) is 0 Å². The quantitative estimate of drug-likeness (QED) is 0.461. The summed E-state index contributed by atoms with van der Waals surface area (Å²) in [5, 5.41) is 11.8. The molecule has 0 fully saturated rings. The van der Waals surface area contributed by atoms with Crippen LogP contribution in [0.2, 0.25) is 5.04 Å². The number of hydrogen-bond donors (Lipinski definition) is 0. The summed E-state index contributed by atoms with van der Waals surface area (Å²) in [7, 11) is -2.66. The van der Waals surface area contributed by atoms with Gasteiger partial charge in [0.2, 0.25) is 0 Å². The van der Waals surface area contributed by atoms with E-state index in [1.54, 1.807) is 0 Å². The predicted octanol–water partition coefficient (Wildman–Crippen LogP) is 4.38. The zero-order chi connectivity index (χ0) is 17.6. The summed E-state index contributed by atoms with van der Waals surface area (Å²) in [6, 6.07) is 23.0. The van der Waals surface area contributed by atoms with Crippen LogP contribution in [0.25, 0.3) is 0 Å². The molecule has 3 heteroatoms. The highest BCUT2D eigenvalue weighted by Gasteiger charge is 2.52. The first-order chi connectivity index (χ1) is 11.5. The highest BCUT2D eigenvalue weighted by atomic mass is 28.4. The molecule has 0 aliphatic carbocycles. The Kier molecular flexibility index (Phi) is 5.64. The minimum atomic E-state index is -2.66. The molecule has 0 saturated heterocycles. The predicted molar refractivity (Wildman–Crippen MR) is 103 cm³/mol. The van der Waals surface area contributed by atoms with E-state index in [1.165, 1.54) is 10.4 Å². The molecule has 0 saturated carbocycles. The lowest BCUT2D eigenvalue weighted by Gasteiger charge is -2.42. The average molecular weight is 336 g/mol. The summed E-state index contributed by atoms with van der Waals surface area (Å²) < 4.78 is 6.60. The van der Waals surface area contributed by atoms with Crippen LogP contribution in [0.3, 0.4) is 0 Å². The molecular weight excluding hydrogens is 310 g/mol. The van der Waals surface area contributed by atoms with E-state index in [-0.39, 0.29) is 5.04 Å². The standard InChI is InChI=1S/C21H25NOSi/c1-5-12-18(17-22)23-24(21(2,3)4,19-13-8-6-9-14-19)20-15-10-7-11-16-20/h6-16H,5H2,1-4H3. The summed E-state index contributed by atoms with van der Waals surface area (Å²) in [5.74, 6) is 0.423. The first-order valence-electron chi connectivity index (χ1n) is 8.36. The van der Waals surface area contributed by atoms with Crippen molar-refractivity contribution in [3.05, 3.63) is 72.5 Å². The number of hydrogen-bond acceptors (Lipinski definition) is 2. The van der Waals surface area contributed by atoms with Gasteiger partial charge < -0.3 is 4.43 Å². The van der Waals surface area contributed by atoms with Crippen molar-refractivity contribution in [2.45, 2.75) is 39.2 Å². The highest BCUT2D eigenvalue weighted by Crippen LogP contribution is 2.37. The molecule has 0 amide bonds. The van der Waals surface area contributed by atoms with Gasteiger partial charge in [-0.3, -0.25) is 0 Å². The maximum Gasteiger partial charge on any atom is 0.320 e. The van der Waals surface area contributed by atoms with Crippen LogP contribution >= 0.6 is 0 Å². The van der Waals surface area contributed by atoms with Gasteiger partial charge in [0.05, 0.1) is 0 Å². The van der Waals surface area contributed by atoms with Gasteiger partial charge >= 0.3 is 8.32 Å². The first kappa shape index (κ1) is 18.0. The summed E-state index contributed by atoms with van der Waals surface area (Å²) in [6.45, 7) is 8.65. The van der Waals surface area contributed by atoms with E-state index >= 15 is 0 Å². The topological polar surface area (TPSA) is 33.0 Å². The second-order valence-corrected chi connectivity index (χ2v) is 11.1. The molecule has 0 spiro atoms. The van der Waals surface area contributed by atoms with Gasteiger partial charge in [-0.15, -0.1) is 0 Å². The van der Waals surface area contributed by atoms with E-state index < -0.39 is 8.32 Å². The van der Waals surface area contributed by atoms with Crippen molar-refractivity contribution in [2.24, 2.45) is 0 Å². The lowest BCUT2D eigenvalue weighted by Crippen LogP contribution is -2.66. The third-order valence-corrected chi connectivity index (χ3v) is 9.11. The number of nitrogens with zero attached hydrogens (tertiary/aromatic N) is 1. The molecule has 2 aromatic rings. The maximum absolute atomic E-state index is 9.56. The third-order valence-electron chi connectivity index (χ3n) is 4.18. The Bertz CT molecular complexity index is 684. The van der Waals surface area contributed by atoms with Crippen LogP contribution in [0.5, 0.6) is 0 Å². The normalized spacial score (nSPS) is 12.5. The monoisotopic (exact) mass is 335 g/mol. The smallest absolute Gasteiger partial charge is 0.320 e. The molecule has 0 atom stereocenters. The second kappa shape index (κ2) is 7.50. The van der Waals surface area contributed by atoms with Gasteiger partial charge in [-0.1, -0.05) is 88.4 Å². The molecule has 0 unspecified atom stereocenters. The van der Waals surface area contributed by atoms with E-state index in [2.05, 4.69) is 51.1 Å². The Morgan fingerprint density at radius 2 is 1.46 bits per heavy atom. The van der Waals surface area contributed by atoms with Crippen LogP contribution in [-0.4, -0.2) is 8.32 Å².